The summed E-state index contributed by atoms with van der Waals surface area (Å²) in [6, 6.07) is 6.85. The van der Waals surface area contributed by atoms with Crippen LogP contribution in [-0.2, 0) is 0 Å². The number of hydrogen-bond acceptors (Lipinski definition) is 0. The van der Waals surface area contributed by atoms with E-state index in [1.54, 1.807) is 56.3 Å². The molecule has 130 valence electrons. The van der Waals surface area contributed by atoms with Gasteiger partial charge in [0.2, 0.25) is 0 Å². The molecule has 0 saturated carbocycles. The molecule has 0 unspecified atom stereocenters. The van der Waals surface area contributed by atoms with Gasteiger partial charge >= 0.3 is 0 Å². The lowest BCUT2D eigenvalue weighted by Crippen LogP contribution is -2.43. The van der Waals surface area contributed by atoms with Crippen LogP contribution in [0.4, 0.5) is 0 Å². The van der Waals surface area contributed by atoms with E-state index in [1.165, 1.54) is 32.1 Å². The Hall–Kier alpha value is 0.434. The molecule has 0 bridgehead atoms. The van der Waals surface area contributed by atoms with Crippen molar-refractivity contribution in [2.24, 2.45) is 5.92 Å². The zero-order chi connectivity index (χ0) is 16.1. The maximum Gasteiger partial charge on any atom is 0.0536 e. The van der Waals surface area contributed by atoms with Crippen molar-refractivity contribution in [3.8, 4) is 0 Å². The molecule has 1 spiro atoms. The standard InChI is InChI=1S/C20H42Si2/c1-5-6-7-8-9-10-19-11-15-22(16-12-19)17-13-20(14-18-22)21(2,3)4/h19-20H,5-18H2,1-4H3. The molecule has 2 saturated heterocycles. The molecule has 0 amide bonds. The second-order valence-electron chi connectivity index (χ2n) is 9.79. The molecule has 2 aliphatic heterocycles. The maximum atomic E-state index is 2.60. The monoisotopic (exact) mass is 338 g/mol. The Bertz CT molecular complexity index is 300. The molecule has 2 fully saturated rings. The smallest absolute Gasteiger partial charge is 0.0536 e. The van der Waals surface area contributed by atoms with E-state index in [9.17, 15) is 0 Å². The van der Waals surface area contributed by atoms with Crippen LogP contribution in [0.3, 0.4) is 0 Å². The van der Waals surface area contributed by atoms with Gasteiger partial charge in [0, 0.05) is 8.07 Å². The highest BCUT2D eigenvalue weighted by Crippen LogP contribution is 2.49. The maximum absolute atomic E-state index is 2.60. The molecule has 2 heterocycles. The Morgan fingerprint density at radius 3 is 1.86 bits per heavy atom. The predicted octanol–water partition coefficient (Wildman–Crippen LogP) is 7.71. The Balaban J connectivity index is 1.65. The van der Waals surface area contributed by atoms with Crippen LogP contribution in [0, 0.1) is 5.92 Å². The van der Waals surface area contributed by atoms with Gasteiger partial charge in [-0.05, 0) is 11.5 Å². The molecule has 0 aromatic rings. The number of rotatable bonds is 7. The van der Waals surface area contributed by atoms with Crippen molar-refractivity contribution in [1.29, 1.82) is 0 Å². The van der Waals surface area contributed by atoms with Crippen LogP contribution >= 0.6 is 0 Å². The first-order valence-corrected chi connectivity index (χ1v) is 16.9. The molecule has 0 radical (unpaired) electrons. The van der Waals surface area contributed by atoms with Gasteiger partial charge in [-0.25, -0.2) is 0 Å². The molecular formula is C20H42Si2. The summed E-state index contributed by atoms with van der Waals surface area (Å²) in [5.74, 6) is 1.12. The minimum atomic E-state index is -0.857. The first-order valence-electron chi connectivity index (χ1n) is 10.5. The summed E-state index contributed by atoms with van der Waals surface area (Å²) in [5.41, 5.74) is 1.15. The van der Waals surface area contributed by atoms with Crippen LogP contribution in [0.25, 0.3) is 0 Å². The van der Waals surface area contributed by atoms with Gasteiger partial charge in [0.25, 0.3) is 0 Å². The lowest BCUT2D eigenvalue weighted by molar-refractivity contribution is 0.405. The molecule has 22 heavy (non-hydrogen) atoms. The highest BCUT2D eigenvalue weighted by atomic mass is 28.3. The first-order chi connectivity index (χ1) is 10.5. The second-order valence-corrected chi connectivity index (χ2v) is 20.3. The summed E-state index contributed by atoms with van der Waals surface area (Å²) in [6.07, 6.45) is 15.4. The average molecular weight is 339 g/mol. The van der Waals surface area contributed by atoms with Crippen molar-refractivity contribution >= 4 is 16.1 Å². The zero-order valence-electron chi connectivity index (χ0n) is 16.1. The summed E-state index contributed by atoms with van der Waals surface area (Å²) in [6.45, 7) is 10.1. The quantitative estimate of drug-likeness (QED) is 0.329. The van der Waals surface area contributed by atoms with Crippen LogP contribution in [0.1, 0.15) is 71.1 Å². The van der Waals surface area contributed by atoms with E-state index in [4.69, 9.17) is 0 Å². The van der Waals surface area contributed by atoms with Crippen molar-refractivity contribution in [2.75, 3.05) is 0 Å². The number of unbranched alkanes of at least 4 members (excludes halogenated alkanes) is 4. The molecule has 0 aliphatic carbocycles. The Labute approximate surface area is 142 Å². The van der Waals surface area contributed by atoms with Crippen LogP contribution in [0.2, 0.25) is 49.4 Å². The summed E-state index contributed by atoms with van der Waals surface area (Å²) in [7, 11) is -1.63. The third-order valence-corrected chi connectivity index (χ3v) is 15.6. The molecule has 2 heteroatoms. The van der Waals surface area contributed by atoms with Gasteiger partial charge in [0.15, 0.2) is 0 Å². The minimum Gasteiger partial charge on any atom is -0.0693 e. The van der Waals surface area contributed by atoms with E-state index in [2.05, 4.69) is 26.6 Å². The van der Waals surface area contributed by atoms with Crippen LogP contribution < -0.4 is 0 Å². The van der Waals surface area contributed by atoms with Crippen molar-refractivity contribution in [3.63, 3.8) is 0 Å². The summed E-state index contributed by atoms with van der Waals surface area (Å²) >= 11 is 0. The van der Waals surface area contributed by atoms with E-state index in [1.807, 2.05) is 0 Å². The largest absolute Gasteiger partial charge is 0.0693 e. The highest BCUT2D eigenvalue weighted by molar-refractivity contribution is 6.82. The van der Waals surface area contributed by atoms with Crippen molar-refractivity contribution in [1.82, 2.24) is 0 Å². The van der Waals surface area contributed by atoms with Gasteiger partial charge in [0.05, 0.1) is 8.07 Å². The normalized spacial score (nSPS) is 33.3. The minimum absolute atomic E-state index is 0.770. The SMILES string of the molecule is CCCCCCCC1CC[Si]2(CC1)CCC([Si](C)(C)C)CC2. The van der Waals surface area contributed by atoms with E-state index in [0.717, 1.165) is 11.5 Å². The fourth-order valence-electron chi connectivity index (χ4n) is 5.21. The second kappa shape index (κ2) is 8.51. The van der Waals surface area contributed by atoms with Gasteiger partial charge in [-0.15, -0.1) is 0 Å². The lowest BCUT2D eigenvalue weighted by atomic mass is 9.95. The summed E-state index contributed by atoms with van der Waals surface area (Å²) in [4.78, 5) is 0. The van der Waals surface area contributed by atoms with E-state index in [-0.39, 0.29) is 0 Å². The molecular weight excluding hydrogens is 296 g/mol. The van der Waals surface area contributed by atoms with Gasteiger partial charge in [-0.2, -0.15) is 0 Å². The highest BCUT2D eigenvalue weighted by Gasteiger charge is 2.42. The molecule has 0 aromatic carbocycles. The molecule has 2 rings (SSSR count). The van der Waals surface area contributed by atoms with Gasteiger partial charge < -0.3 is 0 Å². The van der Waals surface area contributed by atoms with Crippen molar-refractivity contribution in [3.05, 3.63) is 0 Å². The predicted molar refractivity (Wildman–Crippen MR) is 107 cm³/mol. The van der Waals surface area contributed by atoms with E-state index >= 15 is 0 Å². The lowest BCUT2D eigenvalue weighted by Gasteiger charge is -2.46. The Morgan fingerprint density at radius 1 is 0.773 bits per heavy atom. The fraction of sp³-hybridized carbons (Fsp3) is 1.00. The van der Waals surface area contributed by atoms with Gasteiger partial charge in [-0.1, -0.05) is 115 Å². The summed E-state index contributed by atoms with van der Waals surface area (Å²) in [5, 5.41) is 0. The third-order valence-electron chi connectivity index (χ3n) is 7.15. The average Bonchev–Trinajstić information content (AvgIpc) is 2.49. The topological polar surface area (TPSA) is 0 Å². The fourth-order valence-corrected chi connectivity index (χ4v) is 13.3. The molecule has 0 atom stereocenters. The van der Waals surface area contributed by atoms with Crippen LogP contribution in [0.5, 0.6) is 0 Å². The first kappa shape index (κ1) is 18.8. The summed E-state index contributed by atoms with van der Waals surface area (Å²) < 4.78 is 0. The zero-order valence-corrected chi connectivity index (χ0v) is 18.1. The molecule has 2 aliphatic rings. The van der Waals surface area contributed by atoms with Crippen LogP contribution in [-0.4, -0.2) is 16.1 Å². The molecule has 0 N–H and O–H groups in total. The van der Waals surface area contributed by atoms with E-state index in [0.29, 0.717) is 0 Å². The Morgan fingerprint density at radius 2 is 1.32 bits per heavy atom. The van der Waals surface area contributed by atoms with Gasteiger partial charge in [0.1, 0.15) is 0 Å². The van der Waals surface area contributed by atoms with Crippen molar-refractivity contribution in [2.45, 2.75) is 120 Å². The van der Waals surface area contributed by atoms with Gasteiger partial charge in [-0.3, -0.25) is 0 Å². The molecule has 0 nitrogen and oxygen atoms in total. The molecule has 0 aromatic heterocycles. The third kappa shape index (κ3) is 5.51. The van der Waals surface area contributed by atoms with Crippen molar-refractivity contribution < 1.29 is 0 Å². The number of hydrogen-bond donors (Lipinski definition) is 0. The van der Waals surface area contributed by atoms with E-state index < -0.39 is 16.1 Å². The Kier molecular flexibility index (Phi) is 7.26. The van der Waals surface area contributed by atoms with Crippen LogP contribution in [0.15, 0.2) is 0 Å².